The average molecular weight is 205 g/mol. The minimum Gasteiger partial charge on any atom is -0.480 e. The summed E-state index contributed by atoms with van der Waals surface area (Å²) in [7, 11) is 1.90. The van der Waals surface area contributed by atoms with E-state index in [0.717, 1.165) is 10.9 Å². The molecule has 0 saturated heterocycles. The number of para-hydroxylation sites is 1. The van der Waals surface area contributed by atoms with Crippen LogP contribution in [0.15, 0.2) is 30.5 Å². The van der Waals surface area contributed by atoms with Gasteiger partial charge in [-0.25, -0.2) is 4.79 Å². The minimum atomic E-state index is -0.970. The van der Waals surface area contributed by atoms with Gasteiger partial charge in [-0.15, -0.1) is 0 Å². The molecule has 4 heteroatoms. The Kier molecular flexibility index (Phi) is 2.33. The second-order valence-corrected chi connectivity index (χ2v) is 3.30. The van der Waals surface area contributed by atoms with Crippen LogP contribution in [0.5, 0.6) is 5.75 Å². The van der Waals surface area contributed by atoms with Crippen LogP contribution >= 0.6 is 0 Å². The molecule has 0 spiro atoms. The number of ether oxygens (including phenoxy) is 1. The molecule has 0 radical (unpaired) electrons. The summed E-state index contributed by atoms with van der Waals surface area (Å²) in [4.78, 5) is 10.4. The van der Waals surface area contributed by atoms with Gasteiger partial charge in [0.1, 0.15) is 5.75 Å². The van der Waals surface area contributed by atoms with E-state index in [4.69, 9.17) is 9.84 Å². The number of nitrogens with zero attached hydrogens (tertiary/aromatic N) is 1. The van der Waals surface area contributed by atoms with Gasteiger partial charge in [0.15, 0.2) is 6.61 Å². The largest absolute Gasteiger partial charge is 0.480 e. The van der Waals surface area contributed by atoms with E-state index >= 15 is 0 Å². The van der Waals surface area contributed by atoms with Crippen molar-refractivity contribution < 1.29 is 14.6 Å². The highest BCUT2D eigenvalue weighted by Crippen LogP contribution is 2.26. The fourth-order valence-corrected chi connectivity index (χ4v) is 1.56. The first-order chi connectivity index (χ1) is 7.18. The van der Waals surface area contributed by atoms with Crippen molar-refractivity contribution in [2.75, 3.05) is 6.61 Å². The molecule has 1 heterocycles. The number of rotatable bonds is 3. The first kappa shape index (κ1) is 9.58. The highest BCUT2D eigenvalue weighted by molar-refractivity contribution is 5.87. The zero-order valence-corrected chi connectivity index (χ0v) is 8.30. The Hall–Kier alpha value is -1.97. The van der Waals surface area contributed by atoms with Gasteiger partial charge in [0.05, 0.1) is 5.52 Å². The molecule has 1 N–H and O–H groups in total. The average Bonchev–Trinajstić information content (AvgIpc) is 2.54. The Labute approximate surface area is 86.7 Å². The lowest BCUT2D eigenvalue weighted by molar-refractivity contribution is -0.139. The second kappa shape index (κ2) is 3.65. The number of aromatic nitrogens is 1. The summed E-state index contributed by atoms with van der Waals surface area (Å²) in [6.45, 7) is -0.312. The molecule has 15 heavy (non-hydrogen) atoms. The third kappa shape index (κ3) is 1.79. The first-order valence-electron chi connectivity index (χ1n) is 4.57. The molecule has 0 aliphatic rings. The quantitative estimate of drug-likeness (QED) is 0.828. The molecule has 78 valence electrons. The molecule has 0 fully saturated rings. The van der Waals surface area contributed by atoms with Crippen LogP contribution in [-0.4, -0.2) is 22.2 Å². The highest BCUT2D eigenvalue weighted by Gasteiger charge is 2.07. The van der Waals surface area contributed by atoms with Crippen molar-refractivity contribution in [3.8, 4) is 5.75 Å². The van der Waals surface area contributed by atoms with Crippen molar-refractivity contribution in [1.29, 1.82) is 0 Å². The number of carbonyl (C=O) groups is 1. The fraction of sp³-hybridized carbons (Fsp3) is 0.182. The molecule has 0 aliphatic heterocycles. The molecular formula is C11H11NO3. The lowest BCUT2D eigenvalue weighted by Crippen LogP contribution is -2.09. The summed E-state index contributed by atoms with van der Waals surface area (Å²) in [6.07, 6.45) is 1.79. The van der Waals surface area contributed by atoms with Crippen LogP contribution in [0.1, 0.15) is 0 Å². The summed E-state index contributed by atoms with van der Waals surface area (Å²) in [6, 6.07) is 7.70. The molecule has 0 bridgehead atoms. The summed E-state index contributed by atoms with van der Waals surface area (Å²) < 4.78 is 7.09. The van der Waals surface area contributed by atoms with E-state index in [1.54, 1.807) is 6.20 Å². The smallest absolute Gasteiger partial charge is 0.341 e. The van der Waals surface area contributed by atoms with Gasteiger partial charge in [-0.1, -0.05) is 12.1 Å². The molecule has 0 aliphatic carbocycles. The van der Waals surface area contributed by atoms with Crippen molar-refractivity contribution in [1.82, 2.24) is 4.57 Å². The summed E-state index contributed by atoms with van der Waals surface area (Å²) in [5, 5.41) is 9.45. The maximum absolute atomic E-state index is 10.4. The van der Waals surface area contributed by atoms with Crippen molar-refractivity contribution in [2.24, 2.45) is 7.05 Å². The number of benzene rings is 1. The number of hydrogen-bond donors (Lipinski definition) is 1. The molecule has 2 aromatic rings. The number of aryl methyl sites for hydroxylation is 1. The SMILES string of the molecule is Cn1cc(OCC(=O)O)c2ccccc21. The van der Waals surface area contributed by atoms with Crippen LogP contribution in [0.2, 0.25) is 0 Å². The van der Waals surface area contributed by atoms with Crippen molar-refractivity contribution in [3.63, 3.8) is 0 Å². The van der Waals surface area contributed by atoms with Gasteiger partial charge in [-0.3, -0.25) is 0 Å². The van der Waals surface area contributed by atoms with Crippen LogP contribution in [0.4, 0.5) is 0 Å². The van der Waals surface area contributed by atoms with E-state index in [2.05, 4.69) is 0 Å². The highest BCUT2D eigenvalue weighted by atomic mass is 16.5. The van der Waals surface area contributed by atoms with Crippen LogP contribution in [-0.2, 0) is 11.8 Å². The zero-order chi connectivity index (χ0) is 10.8. The van der Waals surface area contributed by atoms with E-state index in [-0.39, 0.29) is 6.61 Å². The topological polar surface area (TPSA) is 51.5 Å². The lowest BCUT2D eigenvalue weighted by Gasteiger charge is -1.99. The van der Waals surface area contributed by atoms with Gasteiger partial charge >= 0.3 is 5.97 Å². The Morgan fingerprint density at radius 1 is 1.47 bits per heavy atom. The number of aliphatic carboxylic acids is 1. The van der Waals surface area contributed by atoms with Gasteiger partial charge in [-0.05, 0) is 12.1 Å². The second-order valence-electron chi connectivity index (χ2n) is 3.30. The number of carboxylic acid groups (broad SMARTS) is 1. The summed E-state index contributed by atoms with van der Waals surface area (Å²) in [5.74, 6) is -0.363. The molecule has 0 amide bonds. The van der Waals surface area contributed by atoms with Gasteiger partial charge in [0.2, 0.25) is 0 Å². The maximum Gasteiger partial charge on any atom is 0.341 e. The predicted octanol–water partition coefficient (Wildman–Crippen LogP) is 1.64. The summed E-state index contributed by atoms with van der Waals surface area (Å²) in [5.41, 5.74) is 1.03. The normalized spacial score (nSPS) is 10.5. The van der Waals surface area contributed by atoms with Crippen LogP contribution < -0.4 is 4.74 Å². The van der Waals surface area contributed by atoms with Crippen LogP contribution in [0.25, 0.3) is 10.9 Å². The lowest BCUT2D eigenvalue weighted by atomic mass is 10.2. The van der Waals surface area contributed by atoms with E-state index < -0.39 is 5.97 Å². The maximum atomic E-state index is 10.4. The predicted molar refractivity (Wildman–Crippen MR) is 56.0 cm³/mol. The van der Waals surface area contributed by atoms with E-state index in [1.165, 1.54) is 0 Å². The number of fused-ring (bicyclic) bond motifs is 1. The van der Waals surface area contributed by atoms with Crippen LogP contribution in [0, 0.1) is 0 Å². The molecule has 1 aromatic heterocycles. The molecule has 2 rings (SSSR count). The monoisotopic (exact) mass is 205 g/mol. The zero-order valence-electron chi connectivity index (χ0n) is 8.30. The number of carboxylic acids is 1. The number of hydrogen-bond acceptors (Lipinski definition) is 2. The third-order valence-electron chi connectivity index (χ3n) is 2.21. The van der Waals surface area contributed by atoms with Gasteiger partial charge in [0, 0.05) is 18.6 Å². The Bertz CT molecular complexity index is 502. The van der Waals surface area contributed by atoms with Gasteiger partial charge in [0.25, 0.3) is 0 Å². The third-order valence-corrected chi connectivity index (χ3v) is 2.21. The van der Waals surface area contributed by atoms with Gasteiger partial charge < -0.3 is 14.4 Å². The first-order valence-corrected chi connectivity index (χ1v) is 4.57. The Balaban J connectivity index is 2.39. The molecule has 0 atom stereocenters. The molecule has 1 aromatic carbocycles. The minimum absolute atomic E-state index is 0.312. The van der Waals surface area contributed by atoms with Crippen LogP contribution in [0.3, 0.4) is 0 Å². The standard InChI is InChI=1S/C11H11NO3/c1-12-6-10(15-7-11(13)14)8-4-2-3-5-9(8)12/h2-6H,7H2,1H3,(H,13,14). The van der Waals surface area contributed by atoms with Crippen molar-refractivity contribution in [2.45, 2.75) is 0 Å². The fourth-order valence-electron chi connectivity index (χ4n) is 1.56. The molecule has 0 saturated carbocycles. The summed E-state index contributed by atoms with van der Waals surface area (Å²) >= 11 is 0. The van der Waals surface area contributed by atoms with Gasteiger partial charge in [-0.2, -0.15) is 0 Å². The molecular weight excluding hydrogens is 194 g/mol. The Morgan fingerprint density at radius 3 is 2.93 bits per heavy atom. The van der Waals surface area contributed by atoms with E-state index in [1.807, 2.05) is 35.9 Å². The molecule has 0 unspecified atom stereocenters. The van der Waals surface area contributed by atoms with Crippen molar-refractivity contribution in [3.05, 3.63) is 30.5 Å². The van der Waals surface area contributed by atoms with E-state index in [9.17, 15) is 4.79 Å². The molecule has 4 nitrogen and oxygen atoms in total. The Morgan fingerprint density at radius 2 is 2.20 bits per heavy atom. The van der Waals surface area contributed by atoms with E-state index in [0.29, 0.717) is 5.75 Å². The van der Waals surface area contributed by atoms with Crippen molar-refractivity contribution >= 4 is 16.9 Å².